The van der Waals surface area contributed by atoms with Crippen LogP contribution in [0.15, 0.2) is 0 Å². The third-order valence-electron chi connectivity index (χ3n) is 2.91. The Labute approximate surface area is 108 Å². The van der Waals surface area contributed by atoms with E-state index in [4.69, 9.17) is 9.84 Å². The van der Waals surface area contributed by atoms with Crippen molar-refractivity contribution in [2.45, 2.75) is 39.8 Å². The average molecular weight is 260 g/mol. The van der Waals surface area contributed by atoms with E-state index in [9.17, 15) is 9.59 Å². The first kappa shape index (κ1) is 16.7. The Balaban J connectivity index is 4.46. The summed E-state index contributed by atoms with van der Waals surface area (Å²) in [6, 6.07) is -0.645. The second-order valence-electron chi connectivity index (χ2n) is 4.65. The monoisotopic (exact) mass is 260 g/mol. The minimum atomic E-state index is -0.921. The number of methoxy groups -OCH3 is 1. The Morgan fingerprint density at radius 1 is 1.28 bits per heavy atom. The van der Waals surface area contributed by atoms with Crippen molar-refractivity contribution in [3.63, 3.8) is 0 Å². The molecule has 0 aliphatic heterocycles. The third-order valence-corrected chi connectivity index (χ3v) is 2.91. The van der Waals surface area contributed by atoms with Crippen LogP contribution >= 0.6 is 0 Å². The molecule has 0 aromatic heterocycles. The second kappa shape index (κ2) is 7.92. The molecule has 0 spiro atoms. The molecule has 2 N–H and O–H groups in total. The summed E-state index contributed by atoms with van der Waals surface area (Å²) in [5, 5.41) is 11.6. The zero-order valence-corrected chi connectivity index (χ0v) is 11.8. The fourth-order valence-corrected chi connectivity index (χ4v) is 1.40. The molecule has 0 radical (unpaired) electrons. The number of nitrogens with zero attached hydrogens (tertiary/aromatic N) is 1. The fourth-order valence-electron chi connectivity index (χ4n) is 1.40. The molecule has 0 aliphatic rings. The number of hydrogen-bond acceptors (Lipinski definition) is 3. The largest absolute Gasteiger partial charge is 0.481 e. The minimum Gasteiger partial charge on any atom is -0.481 e. The molecule has 18 heavy (non-hydrogen) atoms. The van der Waals surface area contributed by atoms with Crippen LogP contribution in [0, 0.1) is 5.92 Å². The molecule has 6 nitrogen and oxygen atoms in total. The molecule has 2 atom stereocenters. The zero-order chi connectivity index (χ0) is 14.3. The summed E-state index contributed by atoms with van der Waals surface area (Å²) < 4.78 is 4.95. The number of aliphatic carboxylic acids is 1. The number of carbonyl (C=O) groups excluding carboxylic acids is 1. The molecule has 0 rings (SSSR count). The van der Waals surface area contributed by atoms with Crippen LogP contribution in [-0.2, 0) is 9.53 Å². The number of hydrogen-bond donors (Lipinski definition) is 2. The van der Waals surface area contributed by atoms with Gasteiger partial charge in [0.15, 0.2) is 0 Å². The Kier molecular flexibility index (Phi) is 7.35. The molecule has 0 fully saturated rings. The number of carbonyl (C=O) groups is 2. The van der Waals surface area contributed by atoms with Gasteiger partial charge in [-0.3, -0.25) is 4.79 Å². The molecule has 0 saturated heterocycles. The first-order valence-corrected chi connectivity index (χ1v) is 6.10. The van der Waals surface area contributed by atoms with E-state index < -0.39 is 17.9 Å². The average Bonchev–Trinajstić information content (AvgIpc) is 2.27. The molecule has 2 unspecified atom stereocenters. The van der Waals surface area contributed by atoms with Gasteiger partial charge in [-0.1, -0.05) is 0 Å². The quantitative estimate of drug-likeness (QED) is 0.720. The van der Waals surface area contributed by atoms with Gasteiger partial charge in [0.2, 0.25) is 0 Å². The van der Waals surface area contributed by atoms with E-state index >= 15 is 0 Å². The van der Waals surface area contributed by atoms with E-state index in [1.807, 2.05) is 13.8 Å². The highest BCUT2D eigenvalue weighted by Crippen LogP contribution is 2.05. The standard InChI is InChI=1S/C12H24N2O4/c1-8(2)14(6-7-18-5)12(17)13-10(4)9(3)11(15)16/h8-10H,6-7H2,1-5H3,(H,13,17)(H,15,16). The van der Waals surface area contributed by atoms with Crippen molar-refractivity contribution >= 4 is 12.0 Å². The van der Waals surface area contributed by atoms with Crippen LogP contribution in [0.5, 0.6) is 0 Å². The number of nitrogens with one attached hydrogen (secondary N) is 1. The van der Waals surface area contributed by atoms with Crippen LogP contribution in [0.4, 0.5) is 4.79 Å². The van der Waals surface area contributed by atoms with Crippen molar-refractivity contribution in [3.8, 4) is 0 Å². The van der Waals surface area contributed by atoms with E-state index in [0.29, 0.717) is 13.2 Å². The van der Waals surface area contributed by atoms with Crippen molar-refractivity contribution < 1.29 is 19.4 Å². The predicted octanol–water partition coefficient (Wildman–Crippen LogP) is 1.16. The number of carboxylic acids is 1. The van der Waals surface area contributed by atoms with E-state index in [1.165, 1.54) is 0 Å². The highest BCUT2D eigenvalue weighted by Gasteiger charge is 2.24. The smallest absolute Gasteiger partial charge is 0.317 e. The molecule has 106 valence electrons. The Bertz CT molecular complexity index is 281. The molecule has 0 heterocycles. The zero-order valence-electron chi connectivity index (χ0n) is 11.8. The van der Waals surface area contributed by atoms with Crippen LogP contribution in [-0.4, -0.2) is 54.4 Å². The van der Waals surface area contributed by atoms with E-state index in [1.54, 1.807) is 25.9 Å². The van der Waals surface area contributed by atoms with Gasteiger partial charge in [-0.15, -0.1) is 0 Å². The summed E-state index contributed by atoms with van der Waals surface area (Å²) in [4.78, 5) is 24.4. The van der Waals surface area contributed by atoms with Gasteiger partial charge in [0, 0.05) is 25.7 Å². The van der Waals surface area contributed by atoms with Gasteiger partial charge in [0.25, 0.3) is 0 Å². The first-order valence-electron chi connectivity index (χ1n) is 6.10. The van der Waals surface area contributed by atoms with E-state index in [-0.39, 0.29) is 12.1 Å². The third kappa shape index (κ3) is 5.35. The number of ether oxygens (including phenoxy) is 1. The topological polar surface area (TPSA) is 78.9 Å². The molecule has 6 heteroatoms. The number of carboxylic acid groups (broad SMARTS) is 1. The van der Waals surface area contributed by atoms with Gasteiger partial charge < -0.3 is 20.1 Å². The minimum absolute atomic E-state index is 0.0347. The Morgan fingerprint density at radius 3 is 2.22 bits per heavy atom. The lowest BCUT2D eigenvalue weighted by Gasteiger charge is -2.29. The maximum atomic E-state index is 12.0. The molecule has 2 amide bonds. The lowest BCUT2D eigenvalue weighted by atomic mass is 10.0. The summed E-state index contributed by atoms with van der Waals surface area (Å²) in [6.45, 7) is 8.00. The second-order valence-corrected chi connectivity index (χ2v) is 4.65. The molecule has 0 saturated carbocycles. The van der Waals surface area contributed by atoms with Crippen molar-refractivity contribution in [1.82, 2.24) is 10.2 Å². The summed E-state index contributed by atoms with van der Waals surface area (Å²) >= 11 is 0. The summed E-state index contributed by atoms with van der Waals surface area (Å²) in [6.07, 6.45) is 0. The molecular formula is C12H24N2O4. The maximum absolute atomic E-state index is 12.0. The lowest BCUT2D eigenvalue weighted by Crippen LogP contribution is -2.50. The van der Waals surface area contributed by atoms with Gasteiger partial charge in [0.1, 0.15) is 0 Å². The highest BCUT2D eigenvalue weighted by molar-refractivity contribution is 5.76. The molecule has 0 aromatic carbocycles. The normalized spacial score (nSPS) is 14.1. The van der Waals surface area contributed by atoms with Crippen LogP contribution in [0.1, 0.15) is 27.7 Å². The van der Waals surface area contributed by atoms with Gasteiger partial charge in [-0.05, 0) is 27.7 Å². The van der Waals surface area contributed by atoms with Crippen molar-refractivity contribution in [2.75, 3.05) is 20.3 Å². The maximum Gasteiger partial charge on any atom is 0.317 e. The Morgan fingerprint density at radius 2 is 1.83 bits per heavy atom. The number of amides is 2. The van der Waals surface area contributed by atoms with Gasteiger partial charge in [-0.2, -0.15) is 0 Å². The number of urea groups is 1. The van der Waals surface area contributed by atoms with Gasteiger partial charge in [-0.25, -0.2) is 4.79 Å². The molecule has 0 bridgehead atoms. The number of rotatable bonds is 7. The summed E-state index contributed by atoms with van der Waals surface area (Å²) in [5.74, 6) is -1.54. The summed E-state index contributed by atoms with van der Waals surface area (Å²) in [7, 11) is 1.57. The lowest BCUT2D eigenvalue weighted by molar-refractivity contribution is -0.141. The molecule has 0 aliphatic carbocycles. The highest BCUT2D eigenvalue weighted by atomic mass is 16.5. The van der Waals surface area contributed by atoms with Crippen LogP contribution in [0.25, 0.3) is 0 Å². The first-order chi connectivity index (χ1) is 8.31. The van der Waals surface area contributed by atoms with Crippen LogP contribution < -0.4 is 5.32 Å². The van der Waals surface area contributed by atoms with Crippen molar-refractivity contribution in [3.05, 3.63) is 0 Å². The van der Waals surface area contributed by atoms with Crippen molar-refractivity contribution in [1.29, 1.82) is 0 Å². The van der Waals surface area contributed by atoms with Gasteiger partial charge in [0.05, 0.1) is 12.5 Å². The van der Waals surface area contributed by atoms with E-state index in [2.05, 4.69) is 5.32 Å². The Hall–Kier alpha value is -1.30. The SMILES string of the molecule is COCCN(C(=O)NC(C)C(C)C(=O)O)C(C)C. The van der Waals surface area contributed by atoms with Gasteiger partial charge >= 0.3 is 12.0 Å². The summed E-state index contributed by atoms with van der Waals surface area (Å²) in [5.41, 5.74) is 0. The van der Waals surface area contributed by atoms with E-state index in [0.717, 1.165) is 0 Å². The fraction of sp³-hybridized carbons (Fsp3) is 0.833. The van der Waals surface area contributed by atoms with Crippen LogP contribution in [0.2, 0.25) is 0 Å². The molecule has 0 aromatic rings. The van der Waals surface area contributed by atoms with Crippen molar-refractivity contribution in [2.24, 2.45) is 5.92 Å². The van der Waals surface area contributed by atoms with Crippen LogP contribution in [0.3, 0.4) is 0 Å². The molecular weight excluding hydrogens is 236 g/mol. The predicted molar refractivity (Wildman–Crippen MR) is 68.5 cm³/mol.